The number of rotatable bonds is 3. The van der Waals surface area contributed by atoms with Crippen molar-refractivity contribution in [3.63, 3.8) is 0 Å². The Balaban J connectivity index is 1.90. The highest BCUT2D eigenvalue weighted by atomic mass is 16.4. The lowest BCUT2D eigenvalue weighted by molar-refractivity contribution is 0.0697. The van der Waals surface area contributed by atoms with Gasteiger partial charge in [-0.2, -0.15) is 0 Å². The molecule has 1 aromatic heterocycles. The molecular weight excluding hydrogens is 240 g/mol. The molecule has 0 aliphatic carbocycles. The van der Waals surface area contributed by atoms with Crippen molar-refractivity contribution in [2.45, 2.75) is 6.42 Å². The predicted octanol–water partition coefficient (Wildman–Crippen LogP) is 3.72. The summed E-state index contributed by atoms with van der Waals surface area (Å²) in [5.41, 5.74) is 3.36. The quantitative estimate of drug-likeness (QED) is 0.772. The highest BCUT2D eigenvalue weighted by molar-refractivity contribution is 5.87. The van der Waals surface area contributed by atoms with E-state index >= 15 is 0 Å². The summed E-state index contributed by atoms with van der Waals surface area (Å²) in [7, 11) is 0. The van der Waals surface area contributed by atoms with Crippen molar-refractivity contribution < 1.29 is 14.3 Å². The summed E-state index contributed by atoms with van der Waals surface area (Å²) in [5, 5.41) is 9.96. The molecule has 0 saturated carbocycles. The number of aromatic carboxylic acids is 1. The lowest BCUT2D eigenvalue weighted by Crippen LogP contribution is -1.96. The Labute approximate surface area is 110 Å². The van der Waals surface area contributed by atoms with E-state index in [0.29, 0.717) is 5.56 Å². The Hall–Kier alpha value is -2.55. The summed E-state index contributed by atoms with van der Waals surface area (Å²) < 4.78 is 5.49. The van der Waals surface area contributed by atoms with E-state index in [0.717, 1.165) is 28.5 Å². The molecule has 19 heavy (non-hydrogen) atoms. The Kier molecular flexibility index (Phi) is 2.80. The van der Waals surface area contributed by atoms with Crippen LogP contribution in [0.1, 0.15) is 21.5 Å². The molecule has 0 amide bonds. The molecule has 1 N–H and O–H groups in total. The molecule has 0 spiro atoms. The fraction of sp³-hybridized carbons (Fsp3) is 0.0625. The molecule has 0 aliphatic rings. The zero-order valence-electron chi connectivity index (χ0n) is 10.2. The maximum atomic E-state index is 10.8. The fourth-order valence-corrected chi connectivity index (χ4v) is 2.15. The average molecular weight is 252 g/mol. The summed E-state index contributed by atoms with van der Waals surface area (Å²) in [6.45, 7) is 0. The maximum Gasteiger partial charge on any atom is 0.335 e. The van der Waals surface area contributed by atoms with Crippen LogP contribution in [-0.2, 0) is 6.42 Å². The Morgan fingerprint density at radius 2 is 1.79 bits per heavy atom. The summed E-state index contributed by atoms with van der Waals surface area (Å²) >= 11 is 0. The predicted molar refractivity (Wildman–Crippen MR) is 72.4 cm³/mol. The van der Waals surface area contributed by atoms with Crippen molar-refractivity contribution in [2.75, 3.05) is 0 Å². The van der Waals surface area contributed by atoms with E-state index < -0.39 is 5.97 Å². The number of furan rings is 1. The van der Waals surface area contributed by atoms with Crippen LogP contribution in [0.25, 0.3) is 11.0 Å². The van der Waals surface area contributed by atoms with Gasteiger partial charge in [0.05, 0.1) is 11.8 Å². The maximum absolute atomic E-state index is 10.8. The number of carbonyl (C=O) groups is 1. The van der Waals surface area contributed by atoms with Gasteiger partial charge in [0.25, 0.3) is 0 Å². The molecule has 2 aromatic carbocycles. The van der Waals surface area contributed by atoms with Crippen LogP contribution >= 0.6 is 0 Å². The van der Waals surface area contributed by atoms with Crippen LogP contribution in [0.3, 0.4) is 0 Å². The smallest absolute Gasteiger partial charge is 0.335 e. The minimum absolute atomic E-state index is 0.306. The second-order valence-electron chi connectivity index (χ2n) is 4.44. The Morgan fingerprint density at radius 3 is 2.53 bits per heavy atom. The summed E-state index contributed by atoms with van der Waals surface area (Å²) in [4.78, 5) is 10.8. The van der Waals surface area contributed by atoms with Gasteiger partial charge in [0, 0.05) is 17.4 Å². The highest BCUT2D eigenvalue weighted by Gasteiger charge is 2.07. The van der Waals surface area contributed by atoms with Gasteiger partial charge in [-0.25, -0.2) is 4.79 Å². The van der Waals surface area contributed by atoms with E-state index in [1.807, 2.05) is 36.4 Å². The Bertz CT molecular complexity index is 723. The van der Waals surface area contributed by atoms with Gasteiger partial charge in [-0.05, 0) is 23.8 Å². The van der Waals surface area contributed by atoms with Gasteiger partial charge in [0.2, 0.25) is 0 Å². The van der Waals surface area contributed by atoms with Crippen LogP contribution in [0.2, 0.25) is 0 Å². The zero-order valence-corrected chi connectivity index (χ0v) is 10.2. The topological polar surface area (TPSA) is 50.4 Å². The first-order chi connectivity index (χ1) is 9.24. The fourth-order valence-electron chi connectivity index (χ4n) is 2.15. The lowest BCUT2D eigenvalue weighted by atomic mass is 10.0. The SMILES string of the molecule is O=C(O)c1ccc(Cc2coc3ccccc23)cc1. The lowest BCUT2D eigenvalue weighted by Gasteiger charge is -2.00. The molecule has 3 nitrogen and oxygen atoms in total. The molecule has 0 saturated heterocycles. The molecule has 3 aromatic rings. The largest absolute Gasteiger partial charge is 0.478 e. The van der Waals surface area contributed by atoms with Crippen molar-refractivity contribution in [3.05, 3.63) is 71.5 Å². The number of para-hydroxylation sites is 1. The van der Waals surface area contributed by atoms with Gasteiger partial charge < -0.3 is 9.52 Å². The van der Waals surface area contributed by atoms with Crippen molar-refractivity contribution in [1.82, 2.24) is 0 Å². The van der Waals surface area contributed by atoms with Gasteiger partial charge in [-0.3, -0.25) is 0 Å². The van der Waals surface area contributed by atoms with Crippen LogP contribution in [0.4, 0.5) is 0 Å². The van der Waals surface area contributed by atoms with Gasteiger partial charge in [-0.15, -0.1) is 0 Å². The summed E-state index contributed by atoms with van der Waals surface area (Å²) in [5.74, 6) is -0.902. The molecular formula is C16H12O3. The molecule has 3 heteroatoms. The van der Waals surface area contributed by atoms with Gasteiger partial charge in [0.15, 0.2) is 0 Å². The summed E-state index contributed by atoms with van der Waals surface area (Å²) in [6, 6.07) is 14.8. The molecule has 0 unspecified atom stereocenters. The van der Waals surface area contributed by atoms with Crippen LogP contribution in [0.15, 0.2) is 59.2 Å². The molecule has 0 atom stereocenters. The van der Waals surface area contributed by atoms with Crippen molar-refractivity contribution in [3.8, 4) is 0 Å². The van der Waals surface area contributed by atoms with Crippen molar-refractivity contribution in [1.29, 1.82) is 0 Å². The Morgan fingerprint density at radius 1 is 1.05 bits per heavy atom. The van der Waals surface area contributed by atoms with Crippen molar-refractivity contribution >= 4 is 16.9 Å². The zero-order chi connectivity index (χ0) is 13.2. The van der Waals surface area contributed by atoms with Crippen LogP contribution in [0.5, 0.6) is 0 Å². The standard InChI is InChI=1S/C16H12O3/c17-16(18)12-7-5-11(6-8-12)9-13-10-19-15-4-2-1-3-14(13)15/h1-8,10H,9H2,(H,17,18). The van der Waals surface area contributed by atoms with Crippen LogP contribution < -0.4 is 0 Å². The monoisotopic (exact) mass is 252 g/mol. The summed E-state index contributed by atoms with van der Waals surface area (Å²) in [6.07, 6.45) is 2.49. The first-order valence-electron chi connectivity index (χ1n) is 6.01. The minimum Gasteiger partial charge on any atom is -0.478 e. The van der Waals surface area contributed by atoms with Gasteiger partial charge in [0.1, 0.15) is 5.58 Å². The molecule has 0 radical (unpaired) electrons. The van der Waals surface area contributed by atoms with Gasteiger partial charge >= 0.3 is 5.97 Å². The van der Waals surface area contributed by atoms with E-state index in [-0.39, 0.29) is 0 Å². The first kappa shape index (κ1) is 11.5. The number of carboxylic acid groups (broad SMARTS) is 1. The number of hydrogen-bond acceptors (Lipinski definition) is 2. The first-order valence-corrected chi connectivity index (χ1v) is 6.01. The third kappa shape index (κ3) is 2.22. The number of hydrogen-bond donors (Lipinski definition) is 1. The van der Waals surface area contributed by atoms with E-state index in [1.54, 1.807) is 18.4 Å². The average Bonchev–Trinajstić information content (AvgIpc) is 2.83. The molecule has 0 bridgehead atoms. The van der Waals surface area contributed by atoms with Crippen LogP contribution in [-0.4, -0.2) is 11.1 Å². The third-order valence-corrected chi connectivity index (χ3v) is 3.16. The number of carboxylic acids is 1. The third-order valence-electron chi connectivity index (χ3n) is 3.16. The molecule has 94 valence electrons. The second kappa shape index (κ2) is 4.61. The number of fused-ring (bicyclic) bond motifs is 1. The minimum atomic E-state index is -0.902. The van der Waals surface area contributed by atoms with Gasteiger partial charge in [-0.1, -0.05) is 30.3 Å². The molecule has 0 fully saturated rings. The van der Waals surface area contributed by atoms with E-state index in [9.17, 15) is 4.79 Å². The molecule has 1 heterocycles. The van der Waals surface area contributed by atoms with Crippen LogP contribution in [0, 0.1) is 0 Å². The second-order valence-corrected chi connectivity index (χ2v) is 4.44. The molecule has 3 rings (SSSR count). The van der Waals surface area contributed by atoms with E-state index in [2.05, 4.69) is 0 Å². The highest BCUT2D eigenvalue weighted by Crippen LogP contribution is 2.23. The molecule has 0 aliphatic heterocycles. The normalized spacial score (nSPS) is 10.7. The van der Waals surface area contributed by atoms with E-state index in [1.165, 1.54) is 0 Å². The van der Waals surface area contributed by atoms with Crippen molar-refractivity contribution in [2.24, 2.45) is 0 Å². The van der Waals surface area contributed by atoms with E-state index in [4.69, 9.17) is 9.52 Å². The number of benzene rings is 2.